The quantitative estimate of drug-likeness (QED) is 0.566. The fourth-order valence-electron chi connectivity index (χ4n) is 3.02. The molecule has 1 atom stereocenters. The molecule has 1 rings (SSSR count). The van der Waals surface area contributed by atoms with Crippen molar-refractivity contribution in [2.45, 2.75) is 91.5 Å². The molecule has 0 aliphatic heterocycles. The van der Waals surface area contributed by atoms with E-state index in [2.05, 4.69) is 24.5 Å². The maximum Gasteiger partial charge on any atom is 0.00643 e. The highest BCUT2D eigenvalue weighted by molar-refractivity contribution is 4.68. The van der Waals surface area contributed by atoms with Crippen LogP contribution in [0, 0.1) is 5.92 Å². The summed E-state index contributed by atoms with van der Waals surface area (Å²) in [6, 6.07) is 0.744. The molecule has 122 valence electrons. The first kappa shape index (κ1) is 19.9. The molecule has 0 amide bonds. The molecule has 0 bridgehead atoms. The highest BCUT2D eigenvalue weighted by atomic mass is 14.9. The molecule has 2 N–H and O–H groups in total. The molecule has 2 nitrogen and oxygen atoms in total. The van der Waals surface area contributed by atoms with E-state index in [0.717, 1.165) is 12.0 Å². The van der Waals surface area contributed by atoms with Crippen molar-refractivity contribution in [2.75, 3.05) is 19.6 Å². The van der Waals surface area contributed by atoms with Gasteiger partial charge in [-0.1, -0.05) is 53.4 Å². The molecule has 0 radical (unpaired) electrons. The second kappa shape index (κ2) is 15.3. The largest absolute Gasteiger partial charge is 0.316 e. The van der Waals surface area contributed by atoms with Crippen molar-refractivity contribution in [3.63, 3.8) is 0 Å². The predicted molar refractivity (Wildman–Crippen MR) is 92.4 cm³/mol. The monoisotopic (exact) mass is 284 g/mol. The highest BCUT2D eigenvalue weighted by Crippen LogP contribution is 2.22. The molecule has 1 unspecified atom stereocenters. The third-order valence-corrected chi connectivity index (χ3v) is 4.25. The van der Waals surface area contributed by atoms with Crippen LogP contribution in [0.5, 0.6) is 0 Å². The molecule has 1 fully saturated rings. The number of hydrogen-bond acceptors (Lipinski definition) is 2. The number of rotatable bonds is 10. The van der Waals surface area contributed by atoms with E-state index in [1.54, 1.807) is 0 Å². The average molecular weight is 285 g/mol. The van der Waals surface area contributed by atoms with Gasteiger partial charge in [-0.2, -0.15) is 0 Å². The van der Waals surface area contributed by atoms with Crippen molar-refractivity contribution in [3.8, 4) is 0 Å². The lowest BCUT2D eigenvalue weighted by Crippen LogP contribution is -2.32. The number of hydrogen-bond donors (Lipinski definition) is 2. The Morgan fingerprint density at radius 2 is 1.70 bits per heavy atom. The Hall–Kier alpha value is -0.0800. The Morgan fingerprint density at radius 3 is 2.30 bits per heavy atom. The smallest absolute Gasteiger partial charge is 0.00643 e. The van der Waals surface area contributed by atoms with Crippen LogP contribution in [0.25, 0.3) is 0 Å². The first-order valence-corrected chi connectivity index (χ1v) is 9.30. The van der Waals surface area contributed by atoms with Gasteiger partial charge in [0.05, 0.1) is 0 Å². The Morgan fingerprint density at radius 1 is 1.00 bits per heavy atom. The Balaban J connectivity index is 0.00000172. The van der Waals surface area contributed by atoms with Gasteiger partial charge in [-0.05, 0) is 57.7 Å². The van der Waals surface area contributed by atoms with Crippen molar-refractivity contribution >= 4 is 0 Å². The van der Waals surface area contributed by atoms with E-state index in [1.165, 1.54) is 77.4 Å². The molecule has 2 heteroatoms. The summed E-state index contributed by atoms with van der Waals surface area (Å²) in [5.74, 6) is 0.968. The Labute approximate surface area is 128 Å². The first-order chi connectivity index (χ1) is 9.86. The van der Waals surface area contributed by atoms with Crippen molar-refractivity contribution in [2.24, 2.45) is 5.92 Å². The zero-order valence-electron chi connectivity index (χ0n) is 14.6. The fourth-order valence-corrected chi connectivity index (χ4v) is 3.02. The third kappa shape index (κ3) is 10.7. The minimum atomic E-state index is 0.744. The molecule has 0 heterocycles. The molecule has 0 aromatic rings. The molecule has 0 aromatic carbocycles. The Kier molecular flexibility index (Phi) is 15.3. The van der Waals surface area contributed by atoms with Gasteiger partial charge < -0.3 is 10.6 Å². The zero-order chi connectivity index (χ0) is 15.1. The molecule has 0 spiro atoms. The summed E-state index contributed by atoms with van der Waals surface area (Å²) in [5.41, 5.74) is 0. The molecular formula is C18H40N2. The van der Waals surface area contributed by atoms with Crippen molar-refractivity contribution in [1.29, 1.82) is 0 Å². The van der Waals surface area contributed by atoms with Gasteiger partial charge >= 0.3 is 0 Å². The van der Waals surface area contributed by atoms with E-state index < -0.39 is 0 Å². The van der Waals surface area contributed by atoms with Crippen molar-refractivity contribution in [1.82, 2.24) is 10.6 Å². The van der Waals surface area contributed by atoms with Crippen LogP contribution < -0.4 is 10.6 Å². The van der Waals surface area contributed by atoms with Gasteiger partial charge in [0.2, 0.25) is 0 Å². The fraction of sp³-hybridized carbons (Fsp3) is 1.00. The van der Waals surface area contributed by atoms with Crippen molar-refractivity contribution in [3.05, 3.63) is 0 Å². The summed E-state index contributed by atoms with van der Waals surface area (Å²) in [6.07, 6.45) is 12.5. The van der Waals surface area contributed by atoms with Crippen LogP contribution in [0.3, 0.4) is 0 Å². The first-order valence-electron chi connectivity index (χ1n) is 9.30. The van der Waals surface area contributed by atoms with Crippen LogP contribution >= 0.6 is 0 Å². The van der Waals surface area contributed by atoms with E-state index >= 15 is 0 Å². The van der Waals surface area contributed by atoms with E-state index in [1.807, 2.05) is 13.8 Å². The summed E-state index contributed by atoms with van der Waals surface area (Å²) < 4.78 is 0. The van der Waals surface area contributed by atoms with Gasteiger partial charge in [0.1, 0.15) is 0 Å². The molecule has 1 saturated carbocycles. The lowest BCUT2D eigenvalue weighted by Gasteiger charge is -2.22. The van der Waals surface area contributed by atoms with Crippen LogP contribution in [0.4, 0.5) is 0 Å². The van der Waals surface area contributed by atoms with Crippen LogP contribution in [-0.2, 0) is 0 Å². The predicted octanol–water partition coefficient (Wildman–Crippen LogP) is 4.74. The zero-order valence-corrected chi connectivity index (χ0v) is 14.6. The van der Waals surface area contributed by atoms with Crippen LogP contribution in [0.1, 0.15) is 85.5 Å². The summed E-state index contributed by atoms with van der Waals surface area (Å²) >= 11 is 0. The number of nitrogens with one attached hydrogen (secondary N) is 2. The van der Waals surface area contributed by atoms with Crippen LogP contribution in [-0.4, -0.2) is 25.7 Å². The second-order valence-electron chi connectivity index (χ2n) is 5.91. The van der Waals surface area contributed by atoms with Gasteiger partial charge in [0.15, 0.2) is 0 Å². The van der Waals surface area contributed by atoms with Gasteiger partial charge in [0, 0.05) is 6.04 Å². The molecule has 0 aromatic heterocycles. The van der Waals surface area contributed by atoms with Crippen LogP contribution in [0.15, 0.2) is 0 Å². The van der Waals surface area contributed by atoms with Gasteiger partial charge in [-0.25, -0.2) is 0 Å². The van der Waals surface area contributed by atoms with Gasteiger partial charge in [0.25, 0.3) is 0 Å². The summed E-state index contributed by atoms with van der Waals surface area (Å²) in [6.45, 7) is 12.2. The van der Waals surface area contributed by atoms with Gasteiger partial charge in [-0.3, -0.25) is 0 Å². The molecule has 20 heavy (non-hydrogen) atoms. The van der Waals surface area contributed by atoms with Crippen molar-refractivity contribution < 1.29 is 0 Å². The van der Waals surface area contributed by atoms with Crippen LogP contribution in [0.2, 0.25) is 0 Å². The molecule has 1 aliphatic carbocycles. The molecule has 0 saturated heterocycles. The Bertz CT molecular complexity index is 168. The summed E-state index contributed by atoms with van der Waals surface area (Å²) in [4.78, 5) is 0. The second-order valence-corrected chi connectivity index (χ2v) is 5.91. The van der Waals surface area contributed by atoms with Gasteiger partial charge in [-0.15, -0.1) is 0 Å². The standard InChI is InChI=1S/C16H34N2.C2H6/c1-3-9-16(4-2)18-13-8-12-17-14-15-10-6-5-7-11-15;1-2/h15-18H,3-14H2,1-2H3;1-2H3. The minimum Gasteiger partial charge on any atom is -0.316 e. The normalized spacial score (nSPS) is 17.4. The molecular weight excluding hydrogens is 244 g/mol. The SMILES string of the molecule is CC.CCCC(CC)NCCCNCC1CCCCC1. The van der Waals surface area contributed by atoms with E-state index in [-0.39, 0.29) is 0 Å². The summed E-state index contributed by atoms with van der Waals surface area (Å²) in [7, 11) is 0. The van der Waals surface area contributed by atoms with E-state index in [0.29, 0.717) is 0 Å². The lowest BCUT2D eigenvalue weighted by atomic mass is 9.89. The lowest BCUT2D eigenvalue weighted by molar-refractivity contribution is 0.341. The topological polar surface area (TPSA) is 24.1 Å². The maximum atomic E-state index is 3.67. The maximum absolute atomic E-state index is 3.67. The molecule has 1 aliphatic rings. The third-order valence-electron chi connectivity index (χ3n) is 4.25. The highest BCUT2D eigenvalue weighted by Gasteiger charge is 2.12. The van der Waals surface area contributed by atoms with E-state index in [9.17, 15) is 0 Å². The van der Waals surface area contributed by atoms with E-state index in [4.69, 9.17) is 0 Å². The average Bonchev–Trinajstić information content (AvgIpc) is 2.52. The summed E-state index contributed by atoms with van der Waals surface area (Å²) in [5, 5.41) is 7.31. The minimum absolute atomic E-state index is 0.744.